The van der Waals surface area contributed by atoms with Gasteiger partial charge in [-0.1, -0.05) is 28.3 Å². The van der Waals surface area contributed by atoms with Crippen molar-refractivity contribution in [1.82, 2.24) is 29.8 Å². The number of carbonyl (C=O) groups excluding carboxylic acids is 2. The summed E-state index contributed by atoms with van der Waals surface area (Å²) in [6.45, 7) is -0.0215. The molecule has 0 aromatic carbocycles. The average Bonchev–Trinajstić information content (AvgIpc) is 3.69. The van der Waals surface area contributed by atoms with Crippen molar-refractivity contribution >= 4 is 81.0 Å². The number of rotatable bonds is 10. The van der Waals surface area contributed by atoms with Crippen LogP contribution in [0.2, 0.25) is 0 Å². The normalized spacial score (nSPS) is 26.0. The molecule has 3 fully saturated rings. The first-order chi connectivity index (χ1) is 18.6. The summed E-state index contributed by atoms with van der Waals surface area (Å²) in [5.74, 6) is -3.25. The van der Waals surface area contributed by atoms with E-state index in [9.17, 15) is 29.4 Å². The molecule has 1 aliphatic carbocycles. The third-order valence-electron chi connectivity index (χ3n) is 6.68. The number of nitrogens with zero attached hydrogens (tertiary/aromatic N) is 6. The molecule has 5 rings (SSSR count). The number of carbonyl (C=O) groups is 4. The van der Waals surface area contributed by atoms with Crippen molar-refractivity contribution in [1.29, 1.82) is 0 Å². The molecule has 3 atom stereocenters. The minimum atomic E-state index is -1.57. The maximum atomic E-state index is 13.3. The minimum Gasteiger partial charge on any atom is -0.481 e. The van der Waals surface area contributed by atoms with Crippen LogP contribution >= 0.6 is 46.4 Å². The monoisotopic (exact) mass is 614 g/mol. The van der Waals surface area contributed by atoms with Crippen molar-refractivity contribution in [3.05, 3.63) is 11.3 Å². The van der Waals surface area contributed by atoms with E-state index >= 15 is 0 Å². The molecule has 2 aromatic heterocycles. The number of oxime groups is 1. The van der Waals surface area contributed by atoms with Gasteiger partial charge in [0.05, 0.1) is 0 Å². The number of thioether (sulfide) groups is 2. The van der Waals surface area contributed by atoms with Gasteiger partial charge >= 0.3 is 11.9 Å². The van der Waals surface area contributed by atoms with E-state index in [1.807, 2.05) is 0 Å². The summed E-state index contributed by atoms with van der Waals surface area (Å²) in [4.78, 5) is 61.1. The molecule has 5 N–H and O–H groups in total. The summed E-state index contributed by atoms with van der Waals surface area (Å²) in [5.41, 5.74) is 4.05. The van der Waals surface area contributed by atoms with Crippen LogP contribution in [0, 0.1) is 5.41 Å². The van der Waals surface area contributed by atoms with E-state index in [-0.39, 0.29) is 41.8 Å². The zero-order valence-electron chi connectivity index (χ0n) is 20.0. The lowest BCUT2D eigenvalue weighted by Crippen LogP contribution is -2.74. The number of carboxylic acid groups (broad SMARTS) is 2. The van der Waals surface area contributed by atoms with Gasteiger partial charge in [0.15, 0.2) is 9.47 Å². The number of β-lactam (4-membered cyclic amide) rings is 1. The Morgan fingerprint density at radius 2 is 2.05 bits per heavy atom. The highest BCUT2D eigenvalue weighted by Gasteiger charge is 2.57. The van der Waals surface area contributed by atoms with Gasteiger partial charge in [0.2, 0.25) is 23.0 Å². The first kappa shape index (κ1) is 27.5. The Hall–Kier alpha value is -3.03. The molecule has 15 nitrogen and oxygen atoms in total. The number of nitrogens with one attached hydrogen (secondary N) is 1. The number of hydrogen-bond donors (Lipinski definition) is 4. The predicted molar refractivity (Wildman–Crippen MR) is 141 cm³/mol. The Morgan fingerprint density at radius 3 is 2.67 bits per heavy atom. The summed E-state index contributed by atoms with van der Waals surface area (Å²) in [6.07, 6.45) is 1.72. The van der Waals surface area contributed by atoms with Gasteiger partial charge in [-0.15, -0.1) is 22.0 Å². The van der Waals surface area contributed by atoms with Crippen LogP contribution in [-0.2, 0) is 24.0 Å². The van der Waals surface area contributed by atoms with Crippen LogP contribution in [0.25, 0.3) is 0 Å². The second-order valence-electron chi connectivity index (χ2n) is 9.19. The summed E-state index contributed by atoms with van der Waals surface area (Å²) < 4.78 is 4.63. The molecular weight excluding hydrogens is 593 g/mol. The maximum absolute atomic E-state index is 13.3. The van der Waals surface area contributed by atoms with Crippen LogP contribution in [0.15, 0.2) is 15.0 Å². The van der Waals surface area contributed by atoms with Crippen LogP contribution in [0.1, 0.15) is 31.5 Å². The van der Waals surface area contributed by atoms with Crippen molar-refractivity contribution in [3.8, 4) is 0 Å². The number of carboxylic acids is 2. The third-order valence-corrected chi connectivity index (χ3v) is 11.0. The van der Waals surface area contributed by atoms with Crippen molar-refractivity contribution in [2.75, 3.05) is 23.8 Å². The average molecular weight is 615 g/mol. The van der Waals surface area contributed by atoms with Crippen LogP contribution in [0.5, 0.6) is 0 Å². The summed E-state index contributed by atoms with van der Waals surface area (Å²) in [7, 11) is 0. The number of anilines is 1. The summed E-state index contributed by atoms with van der Waals surface area (Å²) >= 11 is 4.64. The van der Waals surface area contributed by atoms with Gasteiger partial charge in [-0.2, -0.15) is 9.36 Å². The predicted octanol–water partition coefficient (Wildman–Crippen LogP) is 0.353. The van der Waals surface area contributed by atoms with Crippen LogP contribution < -0.4 is 11.1 Å². The Balaban J connectivity index is 1.29. The zero-order valence-corrected chi connectivity index (χ0v) is 23.3. The van der Waals surface area contributed by atoms with Crippen molar-refractivity contribution in [3.63, 3.8) is 0 Å². The molecule has 0 spiro atoms. The van der Waals surface area contributed by atoms with E-state index in [4.69, 9.17) is 10.6 Å². The van der Waals surface area contributed by atoms with E-state index in [1.54, 1.807) is 5.51 Å². The van der Waals surface area contributed by atoms with Gasteiger partial charge in [0.1, 0.15) is 22.3 Å². The summed E-state index contributed by atoms with van der Waals surface area (Å²) in [6, 6.07) is -0.953. The number of aliphatic carboxylic acids is 2. The molecule has 39 heavy (non-hydrogen) atoms. The third kappa shape index (κ3) is 5.27. The highest BCUT2D eigenvalue weighted by atomic mass is 32.2. The highest BCUT2D eigenvalue weighted by molar-refractivity contribution is 8.01. The Labute approximate surface area is 237 Å². The van der Waals surface area contributed by atoms with Gasteiger partial charge < -0.3 is 31.0 Å². The van der Waals surface area contributed by atoms with Crippen molar-refractivity contribution < 1.29 is 34.2 Å². The molecule has 2 aromatic rings. The number of amides is 2. The fourth-order valence-electron chi connectivity index (χ4n) is 4.48. The van der Waals surface area contributed by atoms with Gasteiger partial charge in [-0.25, -0.2) is 4.79 Å². The number of fused-ring (bicyclic) bond motifs is 1. The first-order valence-corrected chi connectivity index (χ1v) is 15.3. The molecule has 3 aliphatic rings. The lowest BCUT2D eigenvalue weighted by molar-refractivity contribution is -0.165. The lowest BCUT2D eigenvalue weighted by atomic mass is 9.89. The Bertz CT molecular complexity index is 1310. The largest absolute Gasteiger partial charge is 0.481 e. The molecule has 208 valence electrons. The van der Waals surface area contributed by atoms with Crippen LogP contribution in [0.3, 0.4) is 0 Å². The van der Waals surface area contributed by atoms with E-state index in [0.717, 1.165) is 11.5 Å². The van der Waals surface area contributed by atoms with Crippen molar-refractivity contribution in [2.45, 2.75) is 47.0 Å². The smallest absolute Gasteiger partial charge is 0.350 e. The fraction of sp³-hybridized carbons (Fsp3) is 0.550. The van der Waals surface area contributed by atoms with E-state index in [1.165, 1.54) is 39.8 Å². The number of aromatic nitrogens is 4. The second-order valence-corrected chi connectivity index (χ2v) is 13.1. The van der Waals surface area contributed by atoms with Crippen LogP contribution in [0.4, 0.5) is 5.13 Å². The van der Waals surface area contributed by atoms with E-state index < -0.39 is 51.9 Å². The SMILES string of the molecule is Nc1nc(C(=NOC2(C(=O)O)CCCC2)C(=O)NC2C(=O)N3CC(CSc4nncs4)(C(=O)O)CS[C@H]23)ns1. The van der Waals surface area contributed by atoms with Gasteiger partial charge in [0.25, 0.3) is 5.91 Å². The lowest BCUT2D eigenvalue weighted by Gasteiger charge is -2.53. The second kappa shape index (κ2) is 10.9. The minimum absolute atomic E-state index is 0.0215. The standard InChI is InChI=1S/C20H22N8O7S4/c21-17-24-11(27-39-17)9(26-35-20(16(33)34)3-1-2-4-20)12(29)23-10-13(30)28-5-19(15(31)32,6-36-14(10)28)7-37-18-25-22-8-38-18/h8,10,14H,1-7H2,(H,23,29)(H,31,32)(H,33,34)(H2,21,24,27)/t10?,14-,19?/m1/s1. The van der Waals surface area contributed by atoms with E-state index in [0.29, 0.717) is 17.2 Å². The highest BCUT2D eigenvalue weighted by Crippen LogP contribution is 2.44. The van der Waals surface area contributed by atoms with Gasteiger partial charge in [-0.05, 0) is 12.8 Å². The summed E-state index contributed by atoms with van der Waals surface area (Å²) in [5, 5.41) is 33.4. The molecule has 19 heteroatoms. The molecule has 2 unspecified atom stereocenters. The quantitative estimate of drug-likeness (QED) is 0.123. The van der Waals surface area contributed by atoms with Gasteiger partial charge in [-0.3, -0.25) is 14.4 Å². The van der Waals surface area contributed by atoms with Gasteiger partial charge in [0, 0.05) is 42.4 Å². The molecule has 2 aliphatic heterocycles. The molecule has 1 saturated carbocycles. The topological polar surface area (TPSA) is 223 Å². The zero-order chi connectivity index (χ0) is 27.8. The molecule has 0 radical (unpaired) electrons. The van der Waals surface area contributed by atoms with Crippen LogP contribution in [-0.4, -0.2) is 99.2 Å². The molecule has 0 bridgehead atoms. The Morgan fingerprint density at radius 1 is 1.28 bits per heavy atom. The first-order valence-electron chi connectivity index (χ1n) is 11.6. The molecular formula is C20H22N8O7S4. The number of nitrogens with two attached hydrogens (primary N) is 1. The molecule has 2 saturated heterocycles. The molecule has 2 amide bonds. The molecule has 4 heterocycles. The Kier molecular flexibility index (Phi) is 7.66. The number of hydrogen-bond acceptors (Lipinski definition) is 15. The number of nitrogen functional groups attached to an aromatic ring is 1. The van der Waals surface area contributed by atoms with Crippen molar-refractivity contribution in [2.24, 2.45) is 10.6 Å². The van der Waals surface area contributed by atoms with E-state index in [2.05, 4.69) is 30.0 Å². The fourth-order valence-corrected chi connectivity index (χ4v) is 8.26. The maximum Gasteiger partial charge on any atom is 0.350 e.